The van der Waals surface area contributed by atoms with E-state index < -0.39 is 6.10 Å². The number of aliphatic hydroxyl groups excluding tert-OH is 1. The molecule has 0 aliphatic carbocycles. The highest BCUT2D eigenvalue weighted by atomic mass is 16.3. The molecule has 0 saturated carbocycles. The Morgan fingerprint density at radius 3 is 2.43 bits per heavy atom. The normalized spacial score (nSPS) is 14.2. The van der Waals surface area contributed by atoms with E-state index in [-0.39, 0.29) is 6.04 Å². The van der Waals surface area contributed by atoms with Crippen molar-refractivity contribution in [3.8, 4) is 0 Å². The summed E-state index contributed by atoms with van der Waals surface area (Å²) in [4.78, 5) is 4.64. The second kappa shape index (κ2) is 5.70. The zero-order valence-corrected chi connectivity index (χ0v) is 12.4. The fourth-order valence-electron chi connectivity index (χ4n) is 2.77. The minimum atomic E-state index is -0.538. The number of aromatic nitrogens is 2. The quantitative estimate of drug-likeness (QED) is 0.781. The number of rotatable bonds is 4. The van der Waals surface area contributed by atoms with Gasteiger partial charge in [0.05, 0.1) is 17.1 Å². The zero-order chi connectivity index (χ0) is 14.8. The first kappa shape index (κ1) is 13.8. The number of nitrogens with zero attached hydrogens (tertiary/aromatic N) is 2. The van der Waals surface area contributed by atoms with E-state index in [1.165, 1.54) is 5.56 Å². The van der Waals surface area contributed by atoms with Gasteiger partial charge in [-0.1, -0.05) is 49.4 Å². The van der Waals surface area contributed by atoms with Crippen LogP contribution in [0.1, 0.15) is 43.8 Å². The summed E-state index contributed by atoms with van der Waals surface area (Å²) in [5.41, 5.74) is 3.21. The molecule has 0 saturated heterocycles. The van der Waals surface area contributed by atoms with E-state index >= 15 is 0 Å². The lowest BCUT2D eigenvalue weighted by Gasteiger charge is -2.20. The fraction of sp³-hybridized carbons (Fsp3) is 0.278. The van der Waals surface area contributed by atoms with Crippen molar-refractivity contribution in [2.45, 2.75) is 32.4 Å². The van der Waals surface area contributed by atoms with Crippen molar-refractivity contribution < 1.29 is 5.11 Å². The van der Waals surface area contributed by atoms with Crippen molar-refractivity contribution in [2.75, 3.05) is 0 Å². The molecule has 3 rings (SSSR count). The molecule has 0 unspecified atom stereocenters. The van der Waals surface area contributed by atoms with Crippen molar-refractivity contribution in [2.24, 2.45) is 0 Å². The highest BCUT2D eigenvalue weighted by molar-refractivity contribution is 5.76. The summed E-state index contributed by atoms with van der Waals surface area (Å²) in [7, 11) is 0. The van der Waals surface area contributed by atoms with Gasteiger partial charge in [0.2, 0.25) is 0 Å². The fourth-order valence-corrected chi connectivity index (χ4v) is 2.77. The lowest BCUT2D eigenvalue weighted by atomic mass is 10.1. The van der Waals surface area contributed by atoms with Gasteiger partial charge in [0.15, 0.2) is 0 Å². The Hall–Kier alpha value is -2.13. The molecule has 0 aliphatic heterocycles. The van der Waals surface area contributed by atoms with E-state index in [0.717, 1.165) is 16.9 Å². The van der Waals surface area contributed by atoms with Crippen LogP contribution in [0.2, 0.25) is 0 Å². The first-order valence-electron chi connectivity index (χ1n) is 7.42. The molecule has 0 bridgehead atoms. The molecular weight excluding hydrogens is 260 g/mol. The SMILES string of the molecule is CC[C@@H](O)c1nc2ccccc2n1[C@H](C)c1ccccc1. The van der Waals surface area contributed by atoms with E-state index in [2.05, 4.69) is 34.7 Å². The second-order valence-corrected chi connectivity index (χ2v) is 5.34. The Morgan fingerprint density at radius 2 is 1.71 bits per heavy atom. The van der Waals surface area contributed by atoms with Crippen molar-refractivity contribution in [3.63, 3.8) is 0 Å². The van der Waals surface area contributed by atoms with Gasteiger partial charge in [0.1, 0.15) is 11.9 Å². The summed E-state index contributed by atoms with van der Waals surface area (Å²) in [6.07, 6.45) is 0.119. The van der Waals surface area contributed by atoms with Gasteiger partial charge < -0.3 is 9.67 Å². The third-order valence-corrected chi connectivity index (χ3v) is 3.98. The summed E-state index contributed by atoms with van der Waals surface area (Å²) >= 11 is 0. The van der Waals surface area contributed by atoms with Crippen LogP contribution in [0.3, 0.4) is 0 Å². The molecule has 0 amide bonds. The summed E-state index contributed by atoms with van der Waals surface area (Å²) in [6, 6.07) is 18.5. The molecule has 1 N–H and O–H groups in total. The molecule has 2 aromatic carbocycles. The molecule has 1 heterocycles. The van der Waals surface area contributed by atoms with Crippen molar-refractivity contribution in [3.05, 3.63) is 66.0 Å². The van der Waals surface area contributed by atoms with Gasteiger partial charge in [-0.2, -0.15) is 0 Å². The number of hydrogen-bond donors (Lipinski definition) is 1. The van der Waals surface area contributed by atoms with Crippen LogP contribution in [-0.4, -0.2) is 14.7 Å². The molecule has 108 valence electrons. The Morgan fingerprint density at radius 1 is 1.05 bits per heavy atom. The zero-order valence-electron chi connectivity index (χ0n) is 12.4. The van der Waals surface area contributed by atoms with Crippen molar-refractivity contribution in [1.82, 2.24) is 9.55 Å². The highest BCUT2D eigenvalue weighted by Crippen LogP contribution is 2.29. The maximum absolute atomic E-state index is 10.3. The molecule has 3 heteroatoms. The Labute approximate surface area is 124 Å². The molecule has 0 fully saturated rings. The minimum absolute atomic E-state index is 0.134. The van der Waals surface area contributed by atoms with Gasteiger partial charge >= 0.3 is 0 Å². The molecule has 21 heavy (non-hydrogen) atoms. The summed E-state index contributed by atoms with van der Waals surface area (Å²) in [6.45, 7) is 4.12. The van der Waals surface area contributed by atoms with Crippen LogP contribution in [0.25, 0.3) is 11.0 Å². The lowest BCUT2D eigenvalue weighted by molar-refractivity contribution is 0.158. The van der Waals surface area contributed by atoms with Crippen LogP contribution < -0.4 is 0 Å². The number of fused-ring (bicyclic) bond motifs is 1. The van der Waals surface area contributed by atoms with Gasteiger partial charge in [0.25, 0.3) is 0 Å². The Balaban J connectivity index is 2.19. The van der Waals surface area contributed by atoms with Crippen LogP contribution in [0.4, 0.5) is 0 Å². The van der Waals surface area contributed by atoms with Crippen LogP contribution >= 0.6 is 0 Å². The number of hydrogen-bond acceptors (Lipinski definition) is 2. The van der Waals surface area contributed by atoms with Crippen LogP contribution in [0.5, 0.6) is 0 Å². The Bertz CT molecular complexity index is 733. The molecular formula is C18H20N2O. The van der Waals surface area contributed by atoms with E-state index in [0.29, 0.717) is 6.42 Å². The van der Waals surface area contributed by atoms with Crippen LogP contribution in [-0.2, 0) is 0 Å². The number of para-hydroxylation sites is 2. The molecule has 3 aromatic rings. The smallest absolute Gasteiger partial charge is 0.139 e. The van der Waals surface area contributed by atoms with Gasteiger partial charge in [-0.05, 0) is 31.0 Å². The third kappa shape index (κ3) is 2.45. The molecule has 2 atom stereocenters. The maximum atomic E-state index is 10.3. The molecule has 0 radical (unpaired) electrons. The van der Waals surface area contributed by atoms with Crippen LogP contribution in [0, 0.1) is 0 Å². The second-order valence-electron chi connectivity index (χ2n) is 5.34. The first-order valence-corrected chi connectivity index (χ1v) is 7.42. The summed E-state index contributed by atoms with van der Waals surface area (Å²) < 4.78 is 2.15. The largest absolute Gasteiger partial charge is 0.385 e. The third-order valence-electron chi connectivity index (χ3n) is 3.98. The van der Waals surface area contributed by atoms with E-state index in [9.17, 15) is 5.11 Å². The van der Waals surface area contributed by atoms with E-state index in [4.69, 9.17) is 0 Å². The lowest BCUT2D eigenvalue weighted by Crippen LogP contribution is -2.13. The molecule has 3 nitrogen and oxygen atoms in total. The van der Waals surface area contributed by atoms with Gasteiger partial charge in [0, 0.05) is 0 Å². The average Bonchev–Trinajstić information content (AvgIpc) is 2.93. The summed E-state index contributed by atoms with van der Waals surface area (Å²) in [5, 5.41) is 10.3. The molecule has 0 aliphatic rings. The van der Waals surface area contributed by atoms with Crippen molar-refractivity contribution in [1.29, 1.82) is 0 Å². The minimum Gasteiger partial charge on any atom is -0.385 e. The molecule has 1 aromatic heterocycles. The van der Waals surface area contributed by atoms with E-state index in [1.807, 2.05) is 43.3 Å². The predicted octanol–water partition coefficient (Wildman–Crippen LogP) is 4.09. The van der Waals surface area contributed by atoms with Gasteiger partial charge in [-0.15, -0.1) is 0 Å². The average molecular weight is 280 g/mol. The van der Waals surface area contributed by atoms with Gasteiger partial charge in [-0.3, -0.25) is 0 Å². The standard InChI is InChI=1S/C18H20N2O/c1-3-17(21)18-19-15-11-7-8-12-16(15)20(18)13(2)14-9-5-4-6-10-14/h4-13,17,21H,3H2,1-2H3/t13-,17-/m1/s1. The number of imidazole rings is 1. The first-order chi connectivity index (χ1) is 10.2. The molecule has 0 spiro atoms. The number of aliphatic hydroxyl groups is 1. The Kier molecular flexibility index (Phi) is 3.76. The van der Waals surface area contributed by atoms with Crippen LogP contribution in [0.15, 0.2) is 54.6 Å². The van der Waals surface area contributed by atoms with E-state index in [1.54, 1.807) is 0 Å². The predicted molar refractivity (Wildman–Crippen MR) is 85.2 cm³/mol. The maximum Gasteiger partial charge on any atom is 0.139 e. The highest BCUT2D eigenvalue weighted by Gasteiger charge is 2.21. The monoisotopic (exact) mass is 280 g/mol. The number of benzene rings is 2. The summed E-state index contributed by atoms with van der Waals surface area (Å²) in [5.74, 6) is 0.745. The van der Waals surface area contributed by atoms with Gasteiger partial charge in [-0.25, -0.2) is 4.98 Å². The topological polar surface area (TPSA) is 38.1 Å². The van der Waals surface area contributed by atoms with Crippen molar-refractivity contribution >= 4 is 11.0 Å².